The summed E-state index contributed by atoms with van der Waals surface area (Å²) in [5.41, 5.74) is 0. The zero-order valence-electron chi connectivity index (χ0n) is 4.66. The Bertz CT molecular complexity index is 142. The van der Waals surface area contributed by atoms with Crippen LogP contribution >= 0.6 is 0 Å². The van der Waals surface area contributed by atoms with Crippen LogP contribution in [0.15, 0.2) is 24.4 Å². The first kappa shape index (κ1) is 7.55. The topological polar surface area (TPSA) is 36.0 Å². The van der Waals surface area contributed by atoms with E-state index in [2.05, 4.69) is 4.98 Å². The molecule has 0 saturated heterocycles. The molecule has 0 aliphatic heterocycles. The van der Waals surface area contributed by atoms with Gasteiger partial charge >= 0.3 is 18.9 Å². The van der Waals surface area contributed by atoms with Crippen molar-refractivity contribution in [3.8, 4) is 5.88 Å². The molecule has 0 spiro atoms. The first-order valence-electron chi connectivity index (χ1n) is 1.97. The van der Waals surface area contributed by atoms with Gasteiger partial charge in [0.05, 0.1) is 0 Å². The maximum atomic E-state index is 10.2. The molecule has 0 saturated carbocycles. The molecular weight excluding hydrogens is 97.0 g/mol. The monoisotopic (exact) mass is 101 g/mol. The molecule has 0 aliphatic carbocycles. The molecule has 1 rings (SSSR count). The average Bonchev–Trinajstić information content (AvgIpc) is 1.69. The van der Waals surface area contributed by atoms with Gasteiger partial charge in [0.2, 0.25) is 0 Å². The van der Waals surface area contributed by atoms with Crippen LogP contribution in [0.25, 0.3) is 0 Å². The van der Waals surface area contributed by atoms with Crippen molar-refractivity contribution in [2.24, 2.45) is 0 Å². The van der Waals surface area contributed by atoms with Gasteiger partial charge in [0, 0.05) is 6.20 Å². The summed E-state index contributed by atoms with van der Waals surface area (Å²) in [7, 11) is 0. The van der Waals surface area contributed by atoms with Crippen LogP contribution in [0.2, 0.25) is 0 Å². The molecule has 0 atom stereocenters. The van der Waals surface area contributed by atoms with Crippen molar-refractivity contribution in [1.82, 2.24) is 4.98 Å². The Kier molecular flexibility index (Phi) is 3.34. The molecule has 0 aromatic carbocycles. The first-order chi connectivity index (χ1) is 3.39. The minimum atomic E-state index is -0.178. The molecule has 36 valence electrons. The molecule has 0 unspecified atom stereocenters. The van der Waals surface area contributed by atoms with Gasteiger partial charge in [-0.1, -0.05) is 12.1 Å². The second kappa shape index (κ2) is 3.54. The molecule has 1 aromatic heterocycles. The molecular formula is C5H4LiNO. The van der Waals surface area contributed by atoms with Gasteiger partial charge in [-0.2, -0.15) is 0 Å². The van der Waals surface area contributed by atoms with Gasteiger partial charge in [-0.15, -0.1) is 0 Å². The van der Waals surface area contributed by atoms with Crippen LogP contribution < -0.4 is 24.0 Å². The Balaban J connectivity index is 0.000000490. The largest absolute Gasteiger partial charge is 1.00 e. The normalized spacial score (nSPS) is 7.50. The number of hydrogen-bond donors (Lipinski definition) is 0. The number of pyridine rings is 1. The van der Waals surface area contributed by atoms with Gasteiger partial charge in [0.15, 0.2) is 0 Å². The van der Waals surface area contributed by atoms with Crippen LogP contribution in [0.1, 0.15) is 0 Å². The maximum absolute atomic E-state index is 10.2. The molecule has 0 fully saturated rings. The Morgan fingerprint density at radius 3 is 2.38 bits per heavy atom. The van der Waals surface area contributed by atoms with Crippen LogP contribution in [0.5, 0.6) is 5.88 Å². The van der Waals surface area contributed by atoms with Gasteiger partial charge in [0.1, 0.15) is 0 Å². The molecule has 0 amide bonds. The van der Waals surface area contributed by atoms with Crippen LogP contribution in [-0.4, -0.2) is 4.98 Å². The summed E-state index contributed by atoms with van der Waals surface area (Å²) in [5, 5.41) is 10.2. The standard InChI is InChI=1S/C5H5NO.Li/c7-5-3-1-2-4-6-5;/h1-4H,(H,6,7);/q;+1/p-1. The summed E-state index contributed by atoms with van der Waals surface area (Å²) in [4.78, 5) is 3.42. The fourth-order valence-electron chi connectivity index (χ4n) is 0.347. The van der Waals surface area contributed by atoms with Crippen molar-refractivity contribution in [3.05, 3.63) is 24.4 Å². The first-order valence-corrected chi connectivity index (χ1v) is 1.97. The van der Waals surface area contributed by atoms with E-state index in [4.69, 9.17) is 0 Å². The summed E-state index contributed by atoms with van der Waals surface area (Å²) in [5.74, 6) is -0.178. The van der Waals surface area contributed by atoms with E-state index in [1.165, 1.54) is 12.3 Å². The zero-order chi connectivity index (χ0) is 5.11. The van der Waals surface area contributed by atoms with E-state index in [-0.39, 0.29) is 24.7 Å². The molecule has 1 heterocycles. The van der Waals surface area contributed by atoms with Crippen molar-refractivity contribution in [2.45, 2.75) is 0 Å². The number of hydrogen-bond acceptors (Lipinski definition) is 2. The van der Waals surface area contributed by atoms with Crippen molar-refractivity contribution >= 4 is 0 Å². The Labute approximate surface area is 59.7 Å². The smallest absolute Gasteiger partial charge is 0.859 e. The van der Waals surface area contributed by atoms with Gasteiger partial charge in [-0.05, 0) is 11.9 Å². The maximum Gasteiger partial charge on any atom is 1.00 e. The Hall–Kier alpha value is -0.453. The average molecular weight is 101 g/mol. The van der Waals surface area contributed by atoms with Crippen molar-refractivity contribution in [3.63, 3.8) is 0 Å². The van der Waals surface area contributed by atoms with E-state index < -0.39 is 0 Å². The number of rotatable bonds is 0. The predicted octanol–water partition coefficient (Wildman–Crippen LogP) is -2.84. The third-order valence-corrected chi connectivity index (χ3v) is 0.638. The second-order valence-electron chi connectivity index (χ2n) is 1.17. The molecule has 1 aromatic rings. The molecule has 2 nitrogen and oxygen atoms in total. The van der Waals surface area contributed by atoms with E-state index in [1.54, 1.807) is 12.1 Å². The van der Waals surface area contributed by atoms with Crippen molar-refractivity contribution in [2.75, 3.05) is 0 Å². The van der Waals surface area contributed by atoms with Gasteiger partial charge in [-0.3, -0.25) is 4.98 Å². The van der Waals surface area contributed by atoms with Crippen LogP contribution in [0.4, 0.5) is 0 Å². The number of aromatic nitrogens is 1. The van der Waals surface area contributed by atoms with E-state index >= 15 is 0 Å². The van der Waals surface area contributed by atoms with E-state index in [9.17, 15) is 5.11 Å². The molecule has 0 bridgehead atoms. The zero-order valence-corrected chi connectivity index (χ0v) is 4.66. The SMILES string of the molecule is [Li+].[O-]c1ccccn1. The quantitative estimate of drug-likeness (QED) is 0.330. The molecule has 0 radical (unpaired) electrons. The van der Waals surface area contributed by atoms with Crippen molar-refractivity contribution < 1.29 is 24.0 Å². The predicted molar refractivity (Wildman–Crippen MR) is 23.7 cm³/mol. The number of nitrogens with zero attached hydrogens (tertiary/aromatic N) is 1. The summed E-state index contributed by atoms with van der Waals surface area (Å²) in [6.07, 6.45) is 1.47. The molecule has 8 heavy (non-hydrogen) atoms. The summed E-state index contributed by atoms with van der Waals surface area (Å²) >= 11 is 0. The van der Waals surface area contributed by atoms with Gasteiger partial charge in [0.25, 0.3) is 0 Å². The fraction of sp³-hybridized carbons (Fsp3) is 0. The molecule has 0 aliphatic rings. The fourth-order valence-corrected chi connectivity index (χ4v) is 0.347. The van der Waals surface area contributed by atoms with E-state index in [0.717, 1.165) is 0 Å². The van der Waals surface area contributed by atoms with Gasteiger partial charge in [-0.25, -0.2) is 0 Å². The third kappa shape index (κ3) is 2.01. The minimum Gasteiger partial charge on any atom is -0.859 e. The van der Waals surface area contributed by atoms with Crippen LogP contribution in [0, 0.1) is 0 Å². The molecule has 0 N–H and O–H groups in total. The molecule has 3 heteroatoms. The van der Waals surface area contributed by atoms with E-state index in [0.29, 0.717) is 0 Å². The minimum absolute atomic E-state index is 0. The summed E-state index contributed by atoms with van der Waals surface area (Å²) in [6, 6.07) is 4.79. The summed E-state index contributed by atoms with van der Waals surface area (Å²) < 4.78 is 0. The van der Waals surface area contributed by atoms with Crippen LogP contribution in [-0.2, 0) is 0 Å². The van der Waals surface area contributed by atoms with E-state index in [1.807, 2.05) is 0 Å². The summed E-state index contributed by atoms with van der Waals surface area (Å²) in [6.45, 7) is 0. The van der Waals surface area contributed by atoms with Gasteiger partial charge < -0.3 is 5.11 Å². The van der Waals surface area contributed by atoms with Crippen LogP contribution in [0.3, 0.4) is 0 Å². The Morgan fingerprint density at radius 2 is 2.12 bits per heavy atom. The second-order valence-corrected chi connectivity index (χ2v) is 1.17. The Morgan fingerprint density at radius 1 is 1.38 bits per heavy atom. The third-order valence-electron chi connectivity index (χ3n) is 0.638. The van der Waals surface area contributed by atoms with Crippen molar-refractivity contribution in [1.29, 1.82) is 0 Å².